The molecule has 1 fully saturated rings. The van der Waals surface area contributed by atoms with Crippen LogP contribution in [0.4, 0.5) is 0 Å². The van der Waals surface area contributed by atoms with Crippen molar-refractivity contribution in [1.82, 2.24) is 10.2 Å². The molecule has 0 heterocycles. The molecule has 2 unspecified atom stereocenters. The maximum absolute atomic E-state index is 9.93. The number of nitrogens with one attached hydrogen (secondary N) is 1. The second kappa shape index (κ2) is 8.53. The van der Waals surface area contributed by atoms with Crippen molar-refractivity contribution in [2.75, 3.05) is 20.1 Å². The molecule has 0 bridgehead atoms. The van der Waals surface area contributed by atoms with Crippen LogP contribution in [0.5, 0.6) is 0 Å². The van der Waals surface area contributed by atoms with E-state index < -0.39 is 0 Å². The largest absolute Gasteiger partial charge is 0.393 e. The van der Waals surface area contributed by atoms with E-state index in [-0.39, 0.29) is 6.10 Å². The van der Waals surface area contributed by atoms with Crippen molar-refractivity contribution in [2.45, 2.75) is 38.8 Å². The highest BCUT2D eigenvalue weighted by Gasteiger charge is 2.25. The molecule has 1 aliphatic carbocycles. The molecule has 1 aliphatic rings. The van der Waals surface area contributed by atoms with E-state index >= 15 is 0 Å². The third kappa shape index (κ3) is 4.71. The summed E-state index contributed by atoms with van der Waals surface area (Å²) in [5.74, 6) is 1.21. The molecule has 2 atom stereocenters. The number of benzene rings is 1. The molecule has 1 aromatic carbocycles. The van der Waals surface area contributed by atoms with E-state index in [4.69, 9.17) is 4.99 Å². The summed E-state index contributed by atoms with van der Waals surface area (Å²) in [6, 6.07) is 8.24. The minimum Gasteiger partial charge on any atom is -0.393 e. The first-order chi connectivity index (χ1) is 10.6. The monoisotopic (exact) mass is 367 g/mol. The van der Waals surface area contributed by atoms with E-state index in [1.165, 1.54) is 5.56 Å². The zero-order valence-electron chi connectivity index (χ0n) is 13.4. The van der Waals surface area contributed by atoms with Crippen LogP contribution in [0, 0.1) is 5.92 Å². The first kappa shape index (κ1) is 17.3. The Morgan fingerprint density at radius 2 is 2.18 bits per heavy atom. The van der Waals surface area contributed by atoms with Gasteiger partial charge in [0.1, 0.15) is 0 Å². The lowest BCUT2D eigenvalue weighted by Crippen LogP contribution is -2.39. The van der Waals surface area contributed by atoms with E-state index in [0.717, 1.165) is 42.8 Å². The second-order valence-corrected chi connectivity index (χ2v) is 6.75. The van der Waals surface area contributed by atoms with Crippen LogP contribution in [-0.4, -0.2) is 42.2 Å². The zero-order valence-corrected chi connectivity index (χ0v) is 15.0. The smallest absolute Gasteiger partial charge is 0.193 e. The first-order valence-electron chi connectivity index (χ1n) is 8.02. The molecule has 5 heteroatoms. The van der Waals surface area contributed by atoms with E-state index in [0.29, 0.717) is 12.5 Å². The molecule has 0 spiro atoms. The molecule has 1 saturated carbocycles. The molecule has 4 nitrogen and oxygen atoms in total. The third-order valence-corrected chi connectivity index (χ3v) is 4.93. The number of aliphatic hydroxyl groups is 1. The number of rotatable bonds is 5. The van der Waals surface area contributed by atoms with Crippen LogP contribution in [0.3, 0.4) is 0 Å². The third-order valence-electron chi connectivity index (χ3n) is 4.16. The Bertz CT molecular complexity index is 506. The second-order valence-electron chi connectivity index (χ2n) is 5.90. The average molecular weight is 368 g/mol. The fraction of sp³-hybridized carbons (Fsp3) is 0.588. The van der Waals surface area contributed by atoms with E-state index in [1.54, 1.807) is 0 Å². The molecule has 2 N–H and O–H groups in total. The van der Waals surface area contributed by atoms with Crippen molar-refractivity contribution in [2.24, 2.45) is 10.9 Å². The van der Waals surface area contributed by atoms with Crippen molar-refractivity contribution < 1.29 is 5.11 Å². The van der Waals surface area contributed by atoms with Gasteiger partial charge in [-0.3, -0.25) is 4.99 Å². The number of aliphatic hydroxyl groups excluding tert-OH is 1. The van der Waals surface area contributed by atoms with E-state index in [1.807, 2.05) is 19.2 Å². The summed E-state index contributed by atoms with van der Waals surface area (Å²) in [4.78, 5) is 6.86. The highest BCUT2D eigenvalue weighted by Crippen LogP contribution is 2.25. The van der Waals surface area contributed by atoms with Crippen molar-refractivity contribution in [3.8, 4) is 0 Å². The normalized spacial score (nSPS) is 21.9. The lowest BCUT2D eigenvalue weighted by molar-refractivity contribution is 0.136. The summed E-state index contributed by atoms with van der Waals surface area (Å²) in [7, 11) is 2.05. The Morgan fingerprint density at radius 1 is 1.41 bits per heavy atom. The molecular formula is C17H26BrN3O. The summed E-state index contributed by atoms with van der Waals surface area (Å²) < 4.78 is 1.11. The van der Waals surface area contributed by atoms with Crippen molar-refractivity contribution >= 4 is 21.9 Å². The fourth-order valence-electron chi connectivity index (χ4n) is 2.86. The van der Waals surface area contributed by atoms with E-state index in [9.17, 15) is 5.11 Å². The molecule has 0 radical (unpaired) electrons. The topological polar surface area (TPSA) is 47.9 Å². The summed E-state index contributed by atoms with van der Waals surface area (Å²) in [6.45, 7) is 4.41. The molecule has 122 valence electrons. The molecule has 0 aliphatic heterocycles. The lowest BCUT2D eigenvalue weighted by atomic mass is 10.1. The number of aliphatic imine (C=N–C) groups is 1. The van der Waals surface area contributed by atoms with Gasteiger partial charge in [-0.15, -0.1) is 0 Å². The van der Waals surface area contributed by atoms with Gasteiger partial charge in [0.2, 0.25) is 0 Å². The predicted molar refractivity (Wildman–Crippen MR) is 94.9 cm³/mol. The molecule has 1 aromatic rings. The Kier molecular flexibility index (Phi) is 6.70. The Morgan fingerprint density at radius 3 is 2.82 bits per heavy atom. The average Bonchev–Trinajstić information content (AvgIpc) is 2.91. The van der Waals surface area contributed by atoms with Crippen molar-refractivity contribution in [1.29, 1.82) is 0 Å². The minimum absolute atomic E-state index is 0.180. The number of guanidine groups is 1. The van der Waals surface area contributed by atoms with Gasteiger partial charge in [-0.1, -0.05) is 40.5 Å². The molecule has 2 rings (SSSR count). The van der Waals surface area contributed by atoms with Crippen LogP contribution >= 0.6 is 15.9 Å². The van der Waals surface area contributed by atoms with Gasteiger partial charge in [-0.25, -0.2) is 0 Å². The lowest BCUT2D eigenvalue weighted by Gasteiger charge is -2.23. The predicted octanol–water partition coefficient (Wildman–Crippen LogP) is 3.01. The van der Waals surface area contributed by atoms with Gasteiger partial charge in [-0.05, 0) is 31.4 Å². The van der Waals surface area contributed by atoms with Crippen LogP contribution in [0.15, 0.2) is 33.7 Å². The molecular weight excluding hydrogens is 342 g/mol. The van der Waals surface area contributed by atoms with Crippen LogP contribution in [0.1, 0.15) is 31.7 Å². The standard InChI is InChI=1S/C17H26BrN3O/c1-3-19-17(20-11-13-8-6-10-16(13)22)21(2)12-14-7-4-5-9-15(14)18/h4-5,7,9,13,16,22H,3,6,8,10-12H2,1-2H3,(H,19,20). The van der Waals surface area contributed by atoms with Gasteiger partial charge in [0.25, 0.3) is 0 Å². The highest BCUT2D eigenvalue weighted by atomic mass is 79.9. The summed E-state index contributed by atoms with van der Waals surface area (Å²) in [5, 5.41) is 13.3. The zero-order chi connectivity index (χ0) is 15.9. The molecule has 22 heavy (non-hydrogen) atoms. The Balaban J connectivity index is 2.01. The van der Waals surface area contributed by atoms with Gasteiger partial charge in [-0.2, -0.15) is 0 Å². The van der Waals surface area contributed by atoms with Crippen LogP contribution in [-0.2, 0) is 6.54 Å². The molecule has 0 amide bonds. The maximum atomic E-state index is 9.93. The van der Waals surface area contributed by atoms with Crippen molar-refractivity contribution in [3.63, 3.8) is 0 Å². The van der Waals surface area contributed by atoms with Gasteiger partial charge in [0, 0.05) is 37.1 Å². The Hall–Kier alpha value is -1.07. The minimum atomic E-state index is -0.180. The van der Waals surface area contributed by atoms with Gasteiger partial charge in [0.15, 0.2) is 5.96 Å². The number of hydrogen-bond acceptors (Lipinski definition) is 2. The van der Waals surface area contributed by atoms with Crippen LogP contribution in [0.25, 0.3) is 0 Å². The summed E-state index contributed by atoms with van der Waals surface area (Å²) in [5.41, 5.74) is 1.23. The van der Waals surface area contributed by atoms with Crippen LogP contribution in [0.2, 0.25) is 0 Å². The van der Waals surface area contributed by atoms with E-state index in [2.05, 4.69) is 45.2 Å². The number of hydrogen-bond donors (Lipinski definition) is 2. The SMILES string of the molecule is CCNC(=NCC1CCCC1O)N(C)Cc1ccccc1Br. The highest BCUT2D eigenvalue weighted by molar-refractivity contribution is 9.10. The van der Waals surface area contributed by atoms with Gasteiger partial charge in [0.05, 0.1) is 6.10 Å². The quantitative estimate of drug-likeness (QED) is 0.621. The van der Waals surface area contributed by atoms with Gasteiger partial charge >= 0.3 is 0 Å². The first-order valence-corrected chi connectivity index (χ1v) is 8.82. The van der Waals surface area contributed by atoms with Crippen LogP contribution < -0.4 is 5.32 Å². The van der Waals surface area contributed by atoms with Gasteiger partial charge < -0.3 is 15.3 Å². The number of nitrogens with zero attached hydrogens (tertiary/aromatic N) is 2. The fourth-order valence-corrected chi connectivity index (χ4v) is 3.27. The molecule has 0 aromatic heterocycles. The summed E-state index contributed by atoms with van der Waals surface area (Å²) in [6.07, 6.45) is 2.94. The maximum Gasteiger partial charge on any atom is 0.193 e. The van der Waals surface area contributed by atoms with Crippen molar-refractivity contribution in [3.05, 3.63) is 34.3 Å². The molecule has 0 saturated heterocycles. The summed E-state index contributed by atoms with van der Waals surface area (Å²) >= 11 is 3.59. The number of halogens is 1. The Labute approximate surface area is 141 Å².